The van der Waals surface area contributed by atoms with E-state index in [9.17, 15) is 4.79 Å². The molecule has 1 aromatic heterocycles. The van der Waals surface area contributed by atoms with E-state index < -0.39 is 0 Å². The molecule has 26 heavy (non-hydrogen) atoms. The average Bonchev–Trinajstić information content (AvgIpc) is 3.41. The van der Waals surface area contributed by atoms with Crippen LogP contribution >= 0.6 is 11.3 Å². The van der Waals surface area contributed by atoms with Gasteiger partial charge in [0, 0.05) is 37.0 Å². The van der Waals surface area contributed by atoms with E-state index in [2.05, 4.69) is 32.4 Å². The molecule has 1 aromatic rings. The van der Waals surface area contributed by atoms with Crippen LogP contribution in [0.1, 0.15) is 49.2 Å². The lowest BCUT2D eigenvalue weighted by Crippen LogP contribution is -2.48. The van der Waals surface area contributed by atoms with Gasteiger partial charge in [0.25, 0.3) is 0 Å². The Morgan fingerprint density at radius 3 is 2.50 bits per heavy atom. The van der Waals surface area contributed by atoms with Gasteiger partial charge in [-0.2, -0.15) is 0 Å². The highest BCUT2D eigenvalue weighted by atomic mass is 32.1. The maximum Gasteiger partial charge on any atom is 0.225 e. The molecule has 0 bridgehead atoms. The molecule has 1 N–H and O–H groups in total. The predicted octanol–water partition coefficient (Wildman–Crippen LogP) is 2.65. The Hall–Kier alpha value is -0.980. The minimum absolute atomic E-state index is 0.236. The number of nitrogens with one attached hydrogen (secondary N) is 1. The van der Waals surface area contributed by atoms with E-state index in [1.54, 1.807) is 11.3 Å². The number of likely N-dealkylation sites (tertiary alicyclic amines) is 2. The number of amides is 1. The third-order valence-electron chi connectivity index (χ3n) is 6.19. The molecular weight excluding hydrogens is 344 g/mol. The third-order valence-corrected chi connectivity index (χ3v) is 7.01. The first kappa shape index (κ1) is 18.4. The van der Waals surface area contributed by atoms with Gasteiger partial charge in [0.15, 0.2) is 0 Å². The van der Waals surface area contributed by atoms with Crippen molar-refractivity contribution < 1.29 is 4.79 Å². The zero-order chi connectivity index (χ0) is 17.9. The molecule has 4 rings (SSSR count). The molecule has 0 spiro atoms. The van der Waals surface area contributed by atoms with Crippen LogP contribution in [0.4, 0.5) is 0 Å². The molecule has 2 saturated heterocycles. The summed E-state index contributed by atoms with van der Waals surface area (Å²) in [5.74, 6) is 1.59. The van der Waals surface area contributed by atoms with Crippen molar-refractivity contribution in [2.45, 2.75) is 58.0 Å². The van der Waals surface area contributed by atoms with Gasteiger partial charge in [0.05, 0.1) is 10.7 Å². The summed E-state index contributed by atoms with van der Waals surface area (Å²) in [5.41, 5.74) is 1.18. The smallest absolute Gasteiger partial charge is 0.225 e. The first-order valence-electron chi connectivity index (χ1n) is 10.3. The average molecular weight is 377 g/mol. The first-order valence-corrected chi connectivity index (χ1v) is 11.2. The van der Waals surface area contributed by atoms with Crippen LogP contribution in [0.2, 0.25) is 0 Å². The molecule has 3 heterocycles. The lowest BCUT2D eigenvalue weighted by atomic mass is 9.93. The summed E-state index contributed by atoms with van der Waals surface area (Å²) in [5, 5.41) is 7.00. The summed E-state index contributed by atoms with van der Waals surface area (Å²) < 4.78 is 0. The van der Waals surface area contributed by atoms with Gasteiger partial charge < -0.3 is 10.2 Å². The van der Waals surface area contributed by atoms with E-state index in [0.717, 1.165) is 69.3 Å². The Labute approximate surface area is 161 Å². The zero-order valence-electron chi connectivity index (χ0n) is 16.0. The number of thiazole rings is 1. The van der Waals surface area contributed by atoms with Crippen molar-refractivity contribution in [3.8, 4) is 0 Å². The van der Waals surface area contributed by atoms with E-state index in [4.69, 9.17) is 0 Å². The van der Waals surface area contributed by atoms with Crippen molar-refractivity contribution in [1.29, 1.82) is 0 Å². The molecule has 6 heteroatoms. The van der Waals surface area contributed by atoms with Gasteiger partial charge in [-0.25, -0.2) is 4.98 Å². The Morgan fingerprint density at radius 1 is 1.15 bits per heavy atom. The number of hydrogen-bond donors (Lipinski definition) is 1. The number of carbonyl (C=O) groups excluding carboxylic acids is 1. The monoisotopic (exact) mass is 376 g/mol. The number of rotatable bonds is 6. The highest BCUT2D eigenvalue weighted by Crippen LogP contribution is 2.28. The van der Waals surface area contributed by atoms with Crippen LogP contribution in [0.5, 0.6) is 0 Å². The van der Waals surface area contributed by atoms with Gasteiger partial charge in [0.1, 0.15) is 0 Å². The predicted molar refractivity (Wildman–Crippen MR) is 105 cm³/mol. The van der Waals surface area contributed by atoms with Gasteiger partial charge >= 0.3 is 0 Å². The quantitative estimate of drug-likeness (QED) is 0.829. The fourth-order valence-corrected chi connectivity index (χ4v) is 4.87. The molecular formula is C20H32N4OS. The van der Waals surface area contributed by atoms with Crippen LogP contribution in [-0.4, -0.2) is 59.5 Å². The molecule has 1 aliphatic carbocycles. The summed E-state index contributed by atoms with van der Waals surface area (Å²) in [6.45, 7) is 8.11. The van der Waals surface area contributed by atoms with Crippen molar-refractivity contribution in [1.82, 2.24) is 20.1 Å². The largest absolute Gasteiger partial charge is 0.342 e. The summed E-state index contributed by atoms with van der Waals surface area (Å²) in [6.07, 6.45) is 7.07. The summed E-state index contributed by atoms with van der Waals surface area (Å²) in [7, 11) is 0. The van der Waals surface area contributed by atoms with Crippen LogP contribution in [-0.2, 0) is 11.3 Å². The van der Waals surface area contributed by atoms with Gasteiger partial charge in [-0.05, 0) is 71.0 Å². The highest BCUT2D eigenvalue weighted by molar-refractivity contribution is 7.09. The van der Waals surface area contributed by atoms with E-state index >= 15 is 0 Å². The standard InChI is InChI=1S/C20H32N4OS/c1-15-22-19(14-26-15)13-23-8-4-17(5-9-23)20(25)24-10-6-18(7-11-24)21-12-16-2-3-16/h14,16-18,21H,2-13H2,1H3. The fourth-order valence-electron chi connectivity index (χ4n) is 4.27. The number of hydrogen-bond acceptors (Lipinski definition) is 5. The van der Waals surface area contributed by atoms with Crippen molar-refractivity contribution >= 4 is 17.2 Å². The number of carbonyl (C=O) groups is 1. The molecule has 1 amide bonds. The van der Waals surface area contributed by atoms with Crippen molar-refractivity contribution in [3.05, 3.63) is 16.1 Å². The summed E-state index contributed by atoms with van der Waals surface area (Å²) >= 11 is 1.72. The maximum absolute atomic E-state index is 12.9. The molecule has 3 aliphatic rings. The van der Waals surface area contributed by atoms with Crippen LogP contribution in [0.3, 0.4) is 0 Å². The molecule has 1 saturated carbocycles. The molecule has 5 nitrogen and oxygen atoms in total. The molecule has 0 radical (unpaired) electrons. The van der Waals surface area contributed by atoms with Crippen molar-refractivity contribution in [3.63, 3.8) is 0 Å². The second-order valence-electron chi connectivity index (χ2n) is 8.36. The van der Waals surface area contributed by atoms with Gasteiger partial charge in [-0.1, -0.05) is 0 Å². The molecule has 144 valence electrons. The minimum atomic E-state index is 0.236. The van der Waals surface area contributed by atoms with Crippen LogP contribution in [0, 0.1) is 18.8 Å². The number of aromatic nitrogens is 1. The SMILES string of the molecule is Cc1nc(CN2CCC(C(=O)N3CCC(NCC4CC4)CC3)CC2)cs1. The molecule has 0 atom stereocenters. The Balaban J connectivity index is 1.17. The second-order valence-corrected chi connectivity index (χ2v) is 9.42. The number of aryl methyl sites for hydroxylation is 1. The van der Waals surface area contributed by atoms with Gasteiger partial charge in [0.2, 0.25) is 5.91 Å². The highest BCUT2D eigenvalue weighted by Gasteiger charge is 2.31. The number of piperidine rings is 2. The third kappa shape index (κ3) is 4.84. The topological polar surface area (TPSA) is 48.5 Å². The number of nitrogens with zero attached hydrogens (tertiary/aromatic N) is 3. The molecule has 0 aromatic carbocycles. The second kappa shape index (κ2) is 8.36. The normalized spacial score (nSPS) is 23.5. The maximum atomic E-state index is 12.9. The van der Waals surface area contributed by atoms with E-state index in [0.29, 0.717) is 11.9 Å². The van der Waals surface area contributed by atoms with E-state index in [-0.39, 0.29) is 5.92 Å². The Morgan fingerprint density at radius 2 is 1.88 bits per heavy atom. The van der Waals surface area contributed by atoms with E-state index in [1.165, 1.54) is 25.1 Å². The van der Waals surface area contributed by atoms with Gasteiger partial charge in [-0.15, -0.1) is 11.3 Å². The van der Waals surface area contributed by atoms with Crippen LogP contribution < -0.4 is 5.32 Å². The first-order chi connectivity index (χ1) is 12.7. The summed E-state index contributed by atoms with van der Waals surface area (Å²) in [4.78, 5) is 22.0. The lowest BCUT2D eigenvalue weighted by Gasteiger charge is -2.37. The molecule has 3 fully saturated rings. The minimum Gasteiger partial charge on any atom is -0.342 e. The zero-order valence-corrected chi connectivity index (χ0v) is 16.8. The van der Waals surface area contributed by atoms with E-state index in [1.807, 2.05) is 0 Å². The Bertz CT molecular complexity index is 599. The fraction of sp³-hybridized carbons (Fsp3) is 0.800. The summed E-state index contributed by atoms with van der Waals surface area (Å²) in [6, 6.07) is 0.628. The van der Waals surface area contributed by atoms with Gasteiger partial charge in [-0.3, -0.25) is 9.69 Å². The van der Waals surface area contributed by atoms with Crippen LogP contribution in [0.15, 0.2) is 5.38 Å². The van der Waals surface area contributed by atoms with Crippen molar-refractivity contribution in [2.75, 3.05) is 32.7 Å². The molecule has 0 unspecified atom stereocenters. The van der Waals surface area contributed by atoms with Crippen molar-refractivity contribution in [2.24, 2.45) is 11.8 Å². The molecule has 2 aliphatic heterocycles. The lowest BCUT2D eigenvalue weighted by molar-refractivity contribution is -0.138. The Kier molecular flexibility index (Phi) is 5.91. The van der Waals surface area contributed by atoms with Crippen LogP contribution in [0.25, 0.3) is 0 Å².